The van der Waals surface area contributed by atoms with Crippen LogP contribution in [0.5, 0.6) is 0 Å². The number of aromatic nitrogens is 1. The van der Waals surface area contributed by atoms with Gasteiger partial charge in [0.05, 0.1) is 5.69 Å². The minimum absolute atomic E-state index is 0.741. The van der Waals surface area contributed by atoms with E-state index in [4.69, 9.17) is 5.14 Å². The van der Waals surface area contributed by atoms with E-state index in [0.717, 1.165) is 40.3 Å². The van der Waals surface area contributed by atoms with E-state index >= 15 is 0 Å². The SMILES string of the molecule is CN(C)c1ccc(/C=C/c2ccc(/C=C/c3ccccc3)c(NSN)n2)cc1. The molecule has 1 aromatic heterocycles. The van der Waals surface area contributed by atoms with Crippen molar-refractivity contribution in [1.82, 2.24) is 4.98 Å². The average Bonchev–Trinajstić information content (AvgIpc) is 2.73. The van der Waals surface area contributed by atoms with E-state index in [2.05, 4.69) is 63.2 Å². The normalized spacial score (nSPS) is 11.2. The van der Waals surface area contributed by atoms with Gasteiger partial charge in [-0.3, -0.25) is 5.14 Å². The van der Waals surface area contributed by atoms with Crippen molar-refractivity contribution in [3.05, 3.63) is 89.1 Å². The minimum Gasteiger partial charge on any atom is -0.378 e. The van der Waals surface area contributed by atoms with Crippen LogP contribution in [0.4, 0.5) is 11.5 Å². The van der Waals surface area contributed by atoms with Crippen molar-refractivity contribution in [3.63, 3.8) is 0 Å². The summed E-state index contributed by atoms with van der Waals surface area (Å²) in [6.45, 7) is 0. The smallest absolute Gasteiger partial charge is 0.144 e. The molecule has 0 aliphatic heterocycles. The molecule has 0 aliphatic carbocycles. The predicted molar refractivity (Wildman–Crippen MR) is 125 cm³/mol. The van der Waals surface area contributed by atoms with Gasteiger partial charge >= 0.3 is 0 Å². The Morgan fingerprint density at radius 3 is 2.18 bits per heavy atom. The molecule has 0 fully saturated rings. The first-order chi connectivity index (χ1) is 13.7. The van der Waals surface area contributed by atoms with E-state index in [1.165, 1.54) is 5.69 Å². The summed E-state index contributed by atoms with van der Waals surface area (Å²) in [7, 11) is 4.07. The van der Waals surface area contributed by atoms with Crippen molar-refractivity contribution < 1.29 is 0 Å². The van der Waals surface area contributed by atoms with Crippen LogP contribution in [0, 0.1) is 0 Å². The molecular weight excluding hydrogens is 364 g/mol. The maximum Gasteiger partial charge on any atom is 0.144 e. The number of hydrogen-bond donors (Lipinski definition) is 2. The Bertz CT molecular complexity index is 948. The monoisotopic (exact) mass is 388 g/mol. The number of pyridine rings is 1. The number of anilines is 2. The second kappa shape index (κ2) is 9.78. The lowest BCUT2D eigenvalue weighted by Gasteiger charge is -2.11. The van der Waals surface area contributed by atoms with Gasteiger partial charge in [-0.2, -0.15) is 0 Å². The van der Waals surface area contributed by atoms with Crippen LogP contribution in [0.25, 0.3) is 24.3 Å². The van der Waals surface area contributed by atoms with Crippen LogP contribution >= 0.6 is 12.1 Å². The number of nitrogens with two attached hydrogens (primary N) is 1. The minimum atomic E-state index is 0.741. The van der Waals surface area contributed by atoms with Crippen LogP contribution in [0.15, 0.2) is 66.7 Å². The topological polar surface area (TPSA) is 54.2 Å². The molecule has 0 saturated heterocycles. The van der Waals surface area contributed by atoms with Gasteiger partial charge < -0.3 is 9.62 Å². The molecule has 0 saturated carbocycles. The fourth-order valence-corrected chi connectivity index (χ4v) is 2.94. The second-order valence-corrected chi connectivity index (χ2v) is 6.90. The maximum atomic E-state index is 5.61. The quantitative estimate of drug-likeness (QED) is 0.529. The van der Waals surface area contributed by atoms with Crippen molar-refractivity contribution >= 4 is 47.9 Å². The Morgan fingerprint density at radius 2 is 1.50 bits per heavy atom. The lowest BCUT2D eigenvalue weighted by molar-refractivity contribution is 1.13. The fourth-order valence-electron chi connectivity index (χ4n) is 2.67. The Morgan fingerprint density at radius 1 is 0.821 bits per heavy atom. The fraction of sp³-hybridized carbons (Fsp3) is 0.0870. The molecule has 0 spiro atoms. The van der Waals surface area contributed by atoms with E-state index in [1.807, 2.05) is 56.6 Å². The molecular formula is C23H24N4S. The molecule has 3 aromatic rings. The third-order valence-electron chi connectivity index (χ3n) is 4.21. The molecule has 0 aliphatic rings. The average molecular weight is 389 g/mol. The van der Waals surface area contributed by atoms with Gasteiger partial charge in [0.15, 0.2) is 0 Å². The van der Waals surface area contributed by atoms with Crippen LogP contribution in [-0.4, -0.2) is 19.1 Å². The zero-order valence-corrected chi connectivity index (χ0v) is 16.9. The molecule has 28 heavy (non-hydrogen) atoms. The van der Waals surface area contributed by atoms with E-state index in [-0.39, 0.29) is 0 Å². The zero-order valence-electron chi connectivity index (χ0n) is 16.0. The number of nitrogens with one attached hydrogen (secondary N) is 1. The third kappa shape index (κ3) is 5.49. The molecule has 0 bridgehead atoms. The van der Waals surface area contributed by atoms with Crippen LogP contribution < -0.4 is 14.8 Å². The van der Waals surface area contributed by atoms with Gasteiger partial charge in [0.1, 0.15) is 5.82 Å². The molecule has 3 N–H and O–H groups in total. The molecule has 4 nitrogen and oxygen atoms in total. The van der Waals surface area contributed by atoms with E-state index in [0.29, 0.717) is 0 Å². The molecule has 5 heteroatoms. The summed E-state index contributed by atoms with van der Waals surface area (Å²) in [4.78, 5) is 6.76. The van der Waals surface area contributed by atoms with Gasteiger partial charge in [-0.1, -0.05) is 60.7 Å². The Hall–Kier alpha value is -3.02. The van der Waals surface area contributed by atoms with Gasteiger partial charge in [0, 0.05) is 37.5 Å². The number of nitrogens with zero attached hydrogens (tertiary/aromatic N) is 2. The summed E-state index contributed by atoms with van der Waals surface area (Å²) in [6, 6.07) is 22.6. The first-order valence-corrected chi connectivity index (χ1v) is 9.85. The summed E-state index contributed by atoms with van der Waals surface area (Å²) >= 11 is 1.04. The van der Waals surface area contributed by atoms with Crippen molar-refractivity contribution in [2.24, 2.45) is 5.14 Å². The highest BCUT2D eigenvalue weighted by molar-refractivity contribution is 7.98. The van der Waals surface area contributed by atoms with E-state index in [1.54, 1.807) is 0 Å². The highest BCUT2D eigenvalue weighted by atomic mass is 32.2. The lowest BCUT2D eigenvalue weighted by atomic mass is 10.1. The van der Waals surface area contributed by atoms with E-state index < -0.39 is 0 Å². The van der Waals surface area contributed by atoms with Gasteiger partial charge in [0.2, 0.25) is 0 Å². The molecule has 1 heterocycles. The molecule has 142 valence electrons. The van der Waals surface area contributed by atoms with Crippen molar-refractivity contribution in [2.75, 3.05) is 23.7 Å². The molecule has 0 radical (unpaired) electrons. The summed E-state index contributed by atoms with van der Waals surface area (Å²) in [6.07, 6.45) is 8.15. The molecule has 2 aromatic carbocycles. The summed E-state index contributed by atoms with van der Waals surface area (Å²) in [5, 5.41) is 5.61. The lowest BCUT2D eigenvalue weighted by Crippen LogP contribution is -2.07. The number of hydrogen-bond acceptors (Lipinski definition) is 5. The molecule has 0 amide bonds. The van der Waals surface area contributed by atoms with Crippen LogP contribution in [0.1, 0.15) is 22.4 Å². The standard InChI is InChI=1S/C23H24N4S/c1-27(2)22-16-10-19(11-17-22)9-14-21-15-13-20(23(25-21)26-28-24)12-8-18-6-4-3-5-7-18/h3-17H,24H2,1-2H3,(H,25,26)/b12-8+,14-9+. The highest BCUT2D eigenvalue weighted by Gasteiger charge is 2.02. The van der Waals surface area contributed by atoms with Crippen LogP contribution in [0.2, 0.25) is 0 Å². The first-order valence-electron chi connectivity index (χ1n) is 8.97. The van der Waals surface area contributed by atoms with Gasteiger partial charge in [-0.15, -0.1) is 0 Å². The number of rotatable bonds is 7. The van der Waals surface area contributed by atoms with Crippen molar-refractivity contribution in [1.29, 1.82) is 0 Å². The summed E-state index contributed by atoms with van der Waals surface area (Å²) in [5.74, 6) is 0.741. The van der Waals surface area contributed by atoms with Crippen LogP contribution in [0.3, 0.4) is 0 Å². The van der Waals surface area contributed by atoms with Gasteiger partial charge in [-0.25, -0.2) is 4.98 Å². The third-order valence-corrected chi connectivity index (χ3v) is 4.53. The van der Waals surface area contributed by atoms with Crippen LogP contribution in [-0.2, 0) is 0 Å². The Kier molecular flexibility index (Phi) is 6.89. The molecule has 0 atom stereocenters. The van der Waals surface area contributed by atoms with E-state index in [9.17, 15) is 0 Å². The molecule has 3 rings (SSSR count). The highest BCUT2D eigenvalue weighted by Crippen LogP contribution is 2.20. The largest absolute Gasteiger partial charge is 0.378 e. The van der Waals surface area contributed by atoms with Gasteiger partial charge in [0.25, 0.3) is 0 Å². The Balaban J connectivity index is 1.79. The summed E-state index contributed by atoms with van der Waals surface area (Å²) in [5.41, 5.74) is 5.29. The second-order valence-electron chi connectivity index (χ2n) is 6.46. The first kappa shape index (κ1) is 19.7. The summed E-state index contributed by atoms with van der Waals surface area (Å²) < 4.78 is 3.06. The Labute approximate surface area is 171 Å². The predicted octanol–water partition coefficient (Wildman–Crippen LogP) is 5.42. The molecule has 0 unspecified atom stereocenters. The van der Waals surface area contributed by atoms with Gasteiger partial charge in [-0.05, 0) is 41.5 Å². The maximum absolute atomic E-state index is 5.61. The number of benzene rings is 2. The zero-order chi connectivity index (χ0) is 19.8. The van der Waals surface area contributed by atoms with Crippen molar-refractivity contribution in [2.45, 2.75) is 0 Å². The van der Waals surface area contributed by atoms with Crippen molar-refractivity contribution in [3.8, 4) is 0 Å².